The summed E-state index contributed by atoms with van der Waals surface area (Å²) in [5, 5.41) is 18.6. The molecule has 2 aromatic heterocycles. The van der Waals surface area contributed by atoms with Crippen molar-refractivity contribution in [3.05, 3.63) is 41.2 Å². The summed E-state index contributed by atoms with van der Waals surface area (Å²) in [5.41, 5.74) is 2.02. The number of nitrogens with zero attached hydrogens (tertiary/aromatic N) is 3. The first-order valence-corrected chi connectivity index (χ1v) is 9.08. The number of aryl methyl sites for hydroxylation is 1. The van der Waals surface area contributed by atoms with E-state index in [1.165, 1.54) is 6.92 Å². The van der Waals surface area contributed by atoms with Crippen LogP contribution in [-0.4, -0.2) is 40.3 Å². The molecule has 0 spiro atoms. The number of hydrogen-bond donors (Lipinski definition) is 1. The zero-order valence-electron chi connectivity index (χ0n) is 15.5. The lowest BCUT2D eigenvalue weighted by Gasteiger charge is -2.28. The van der Waals surface area contributed by atoms with E-state index in [9.17, 15) is 18.3 Å². The number of rotatable bonds is 2. The van der Waals surface area contributed by atoms with Gasteiger partial charge in [0.05, 0.1) is 11.8 Å². The topological polar surface area (TPSA) is 62.4 Å². The maximum Gasteiger partial charge on any atom is 0.416 e. The fraction of sp³-hybridized carbons (Fsp3) is 0.400. The van der Waals surface area contributed by atoms with Gasteiger partial charge >= 0.3 is 6.18 Å². The predicted molar refractivity (Wildman–Crippen MR) is 98.1 cm³/mol. The Morgan fingerprint density at radius 3 is 2.68 bits per heavy atom. The zero-order valence-corrected chi connectivity index (χ0v) is 15.5. The standard InChI is InChI=1S/C20H20F3N3O2/c1-11-6-13(20(21,22)23)7-16(27)18(11)15-8-17-19(25-24-15)14(10-28-17)12-4-3-5-26(2)9-12/h6-8,10,12,27H,3-5,9H2,1-2H3/t12-/m0/s1. The summed E-state index contributed by atoms with van der Waals surface area (Å²) >= 11 is 0. The van der Waals surface area contributed by atoms with Crippen molar-refractivity contribution in [2.45, 2.75) is 31.9 Å². The minimum Gasteiger partial charge on any atom is -0.507 e. The summed E-state index contributed by atoms with van der Waals surface area (Å²) in [6.07, 6.45) is -0.703. The molecule has 1 aliphatic rings. The third-order valence-corrected chi connectivity index (χ3v) is 5.31. The molecule has 4 rings (SSSR count). The highest BCUT2D eigenvalue weighted by Gasteiger charge is 2.32. The van der Waals surface area contributed by atoms with E-state index in [1.807, 2.05) is 0 Å². The minimum atomic E-state index is -4.53. The van der Waals surface area contributed by atoms with Crippen LogP contribution in [0.3, 0.4) is 0 Å². The minimum absolute atomic E-state index is 0.220. The number of fused-ring (bicyclic) bond motifs is 1. The first-order chi connectivity index (χ1) is 13.2. The molecule has 1 fully saturated rings. The summed E-state index contributed by atoms with van der Waals surface area (Å²) in [7, 11) is 2.08. The molecule has 1 aromatic carbocycles. The van der Waals surface area contributed by atoms with Gasteiger partial charge in [-0.1, -0.05) is 0 Å². The Hall–Kier alpha value is -2.61. The van der Waals surface area contributed by atoms with Crippen molar-refractivity contribution >= 4 is 11.1 Å². The molecule has 1 aliphatic heterocycles. The highest BCUT2D eigenvalue weighted by Crippen LogP contribution is 2.39. The third kappa shape index (κ3) is 3.32. The predicted octanol–water partition coefficient (Wildman–Crippen LogP) is 4.73. The summed E-state index contributed by atoms with van der Waals surface area (Å²) in [6, 6.07) is 3.32. The first kappa shape index (κ1) is 18.7. The Bertz CT molecular complexity index is 1010. The van der Waals surface area contributed by atoms with Crippen LogP contribution in [-0.2, 0) is 6.18 Å². The van der Waals surface area contributed by atoms with Crippen LogP contribution >= 0.6 is 0 Å². The van der Waals surface area contributed by atoms with Crippen LogP contribution in [0.15, 0.2) is 28.9 Å². The van der Waals surface area contributed by atoms with E-state index in [4.69, 9.17) is 4.42 Å². The molecule has 8 heteroatoms. The second-order valence-corrected chi connectivity index (χ2v) is 7.42. The molecule has 0 bridgehead atoms. The van der Waals surface area contributed by atoms with Crippen molar-refractivity contribution in [3.63, 3.8) is 0 Å². The first-order valence-electron chi connectivity index (χ1n) is 9.08. The lowest BCUT2D eigenvalue weighted by Crippen LogP contribution is -2.30. The molecule has 28 heavy (non-hydrogen) atoms. The van der Waals surface area contributed by atoms with E-state index in [1.54, 1.807) is 12.3 Å². The van der Waals surface area contributed by atoms with Gasteiger partial charge in [-0.15, -0.1) is 10.2 Å². The number of phenolic OH excluding ortho intramolecular Hbond substituents is 1. The third-order valence-electron chi connectivity index (χ3n) is 5.31. The maximum absolute atomic E-state index is 12.9. The highest BCUT2D eigenvalue weighted by atomic mass is 19.4. The molecular formula is C20H20F3N3O2. The Kier molecular flexibility index (Phi) is 4.53. The molecule has 3 aromatic rings. The van der Waals surface area contributed by atoms with Crippen LogP contribution in [0.1, 0.15) is 35.4 Å². The van der Waals surface area contributed by atoms with E-state index in [0.29, 0.717) is 23.1 Å². The number of benzene rings is 1. The second kappa shape index (κ2) is 6.77. The number of likely N-dealkylation sites (N-methyl/N-ethyl adjacent to an activating group) is 1. The van der Waals surface area contributed by atoms with E-state index in [0.717, 1.165) is 37.6 Å². The summed E-state index contributed by atoms with van der Waals surface area (Å²) in [4.78, 5) is 2.26. The maximum atomic E-state index is 12.9. The van der Waals surface area contributed by atoms with E-state index in [-0.39, 0.29) is 16.8 Å². The Balaban J connectivity index is 1.73. The summed E-state index contributed by atoms with van der Waals surface area (Å²) in [5.74, 6) is -0.178. The molecule has 0 radical (unpaired) electrons. The number of hydrogen-bond acceptors (Lipinski definition) is 5. The van der Waals surface area contributed by atoms with E-state index in [2.05, 4.69) is 22.1 Å². The number of alkyl halides is 3. The van der Waals surface area contributed by atoms with Crippen molar-refractivity contribution < 1.29 is 22.7 Å². The van der Waals surface area contributed by atoms with E-state index < -0.39 is 17.5 Å². The molecule has 0 aliphatic carbocycles. The molecule has 148 valence electrons. The summed E-state index contributed by atoms with van der Waals surface area (Å²) in [6.45, 7) is 3.48. The largest absolute Gasteiger partial charge is 0.507 e. The fourth-order valence-electron chi connectivity index (χ4n) is 3.94. The van der Waals surface area contributed by atoms with Gasteiger partial charge in [-0.25, -0.2) is 0 Å². The highest BCUT2D eigenvalue weighted by molar-refractivity contribution is 5.82. The lowest BCUT2D eigenvalue weighted by atomic mass is 9.92. The quantitative estimate of drug-likeness (QED) is 0.684. The Labute approximate surface area is 159 Å². The Morgan fingerprint density at radius 1 is 1.21 bits per heavy atom. The van der Waals surface area contributed by atoms with Gasteiger partial charge in [0.2, 0.25) is 0 Å². The average molecular weight is 391 g/mol. The van der Waals surface area contributed by atoms with Gasteiger partial charge < -0.3 is 14.4 Å². The van der Waals surface area contributed by atoms with Crippen LogP contribution in [0.4, 0.5) is 13.2 Å². The number of aromatic hydroxyl groups is 1. The average Bonchev–Trinajstić information content (AvgIpc) is 3.03. The van der Waals surface area contributed by atoms with Crippen LogP contribution in [0.2, 0.25) is 0 Å². The van der Waals surface area contributed by atoms with Gasteiger partial charge in [0, 0.05) is 29.7 Å². The molecule has 5 nitrogen and oxygen atoms in total. The van der Waals surface area contributed by atoms with E-state index >= 15 is 0 Å². The number of halogens is 3. The number of aromatic nitrogens is 2. The number of likely N-dealkylation sites (tertiary alicyclic amines) is 1. The van der Waals surface area contributed by atoms with Crippen molar-refractivity contribution in [1.82, 2.24) is 15.1 Å². The van der Waals surface area contributed by atoms with Crippen molar-refractivity contribution in [2.75, 3.05) is 20.1 Å². The van der Waals surface area contributed by atoms with Gasteiger partial charge in [-0.2, -0.15) is 13.2 Å². The number of piperidine rings is 1. The SMILES string of the molecule is Cc1cc(C(F)(F)F)cc(O)c1-c1cc2occ([C@H]3CCCN(C)C3)c2nn1. The molecule has 1 N–H and O–H groups in total. The fourth-order valence-corrected chi connectivity index (χ4v) is 3.94. The summed E-state index contributed by atoms with van der Waals surface area (Å²) < 4.78 is 44.5. The number of furan rings is 1. The molecule has 1 saturated heterocycles. The Morgan fingerprint density at radius 2 is 2.00 bits per heavy atom. The van der Waals surface area contributed by atoms with Gasteiger partial charge in [0.15, 0.2) is 5.58 Å². The number of phenols is 1. The van der Waals surface area contributed by atoms with Gasteiger partial charge in [-0.05, 0) is 51.1 Å². The van der Waals surface area contributed by atoms with Gasteiger partial charge in [0.25, 0.3) is 0 Å². The monoisotopic (exact) mass is 391 g/mol. The second-order valence-electron chi connectivity index (χ2n) is 7.42. The molecule has 0 amide bonds. The smallest absolute Gasteiger partial charge is 0.416 e. The van der Waals surface area contributed by atoms with Crippen LogP contribution in [0, 0.1) is 6.92 Å². The molecule has 1 atom stereocenters. The van der Waals surface area contributed by atoms with Crippen molar-refractivity contribution in [3.8, 4) is 17.0 Å². The van der Waals surface area contributed by atoms with Crippen LogP contribution < -0.4 is 0 Å². The van der Waals surface area contributed by atoms with Crippen molar-refractivity contribution in [2.24, 2.45) is 0 Å². The normalized spacial score (nSPS) is 18.7. The lowest BCUT2D eigenvalue weighted by molar-refractivity contribution is -0.137. The van der Waals surface area contributed by atoms with Crippen LogP contribution in [0.5, 0.6) is 5.75 Å². The molecular weight excluding hydrogens is 371 g/mol. The van der Waals surface area contributed by atoms with Gasteiger partial charge in [-0.3, -0.25) is 0 Å². The molecule has 3 heterocycles. The molecule has 0 saturated carbocycles. The van der Waals surface area contributed by atoms with Crippen LogP contribution in [0.25, 0.3) is 22.4 Å². The molecule has 0 unspecified atom stereocenters. The van der Waals surface area contributed by atoms with Gasteiger partial charge in [0.1, 0.15) is 17.0 Å². The zero-order chi connectivity index (χ0) is 20.1. The van der Waals surface area contributed by atoms with Crippen molar-refractivity contribution in [1.29, 1.82) is 0 Å².